The summed E-state index contributed by atoms with van der Waals surface area (Å²) in [7, 11) is 0. The molecule has 0 fully saturated rings. The molecule has 0 aliphatic rings. The fraction of sp³-hybridized carbons (Fsp3) is 0.600. The van der Waals surface area contributed by atoms with E-state index >= 15 is 0 Å². The second-order valence-corrected chi connectivity index (χ2v) is 8.19. The van der Waals surface area contributed by atoms with Gasteiger partial charge in [0.05, 0.1) is 0 Å². The largest absolute Gasteiger partial charge is 0.150 e. The van der Waals surface area contributed by atoms with Gasteiger partial charge in [-0.3, -0.25) is 0 Å². The first-order valence-electron chi connectivity index (χ1n) is 11.4. The third-order valence-corrected chi connectivity index (χ3v) is 5.90. The Labute approximate surface area is 175 Å². The Bertz CT molecular complexity index is 760. The van der Waals surface area contributed by atoms with Crippen molar-refractivity contribution in [3.63, 3.8) is 0 Å². The Morgan fingerprint density at radius 2 is 1.31 bits per heavy atom. The van der Waals surface area contributed by atoms with E-state index in [2.05, 4.69) is 29.4 Å². The fourth-order valence-corrected chi connectivity index (χ4v) is 4.13. The Morgan fingerprint density at radius 3 is 1.90 bits per heavy atom. The average Bonchev–Trinajstić information content (AvgIpc) is 2.76. The topological polar surface area (TPSA) is 58.9 Å². The molecule has 0 aliphatic carbocycles. The number of fused-ring (bicyclic) bond motifs is 1. The van der Waals surface area contributed by atoms with Crippen molar-refractivity contribution >= 4 is 10.8 Å². The molecule has 29 heavy (non-hydrogen) atoms. The van der Waals surface area contributed by atoms with Crippen LogP contribution in [0.5, 0.6) is 0 Å². The van der Waals surface area contributed by atoms with Crippen molar-refractivity contribution in [2.45, 2.75) is 96.6 Å². The standard InChI is InChI=1S/C25H36N2O2/c1-3-4-5-6-7-8-9-10-11-12-15-21-18-19-24(25(27-29)20(2)26-28)23-17-14-13-16-22(21)23/h13-14,16-20,25H,3-12,15H2,1-2H3. The maximum Gasteiger partial charge on any atom is 0.143 e. The second-order valence-electron chi connectivity index (χ2n) is 8.19. The molecule has 4 nitrogen and oxygen atoms in total. The van der Waals surface area contributed by atoms with Crippen molar-refractivity contribution in [1.82, 2.24) is 0 Å². The van der Waals surface area contributed by atoms with Crippen LogP contribution in [0.3, 0.4) is 0 Å². The van der Waals surface area contributed by atoms with E-state index in [0.717, 1.165) is 22.8 Å². The summed E-state index contributed by atoms with van der Waals surface area (Å²) < 4.78 is 0. The molecule has 158 valence electrons. The first kappa shape index (κ1) is 23.2. The van der Waals surface area contributed by atoms with E-state index in [4.69, 9.17) is 0 Å². The second kappa shape index (κ2) is 13.2. The molecule has 0 spiro atoms. The van der Waals surface area contributed by atoms with E-state index in [-0.39, 0.29) is 0 Å². The van der Waals surface area contributed by atoms with E-state index < -0.39 is 12.1 Å². The average molecular weight is 397 g/mol. The maximum absolute atomic E-state index is 11.4. The summed E-state index contributed by atoms with van der Waals surface area (Å²) in [6.07, 6.45) is 14.3. The molecule has 2 unspecified atom stereocenters. The van der Waals surface area contributed by atoms with Crippen LogP contribution in [-0.4, -0.2) is 6.04 Å². The normalized spacial score (nSPS) is 13.3. The zero-order valence-corrected chi connectivity index (χ0v) is 18.1. The maximum atomic E-state index is 11.4. The van der Waals surface area contributed by atoms with E-state index in [1.807, 2.05) is 24.3 Å². The summed E-state index contributed by atoms with van der Waals surface area (Å²) in [5, 5.41) is 8.39. The van der Waals surface area contributed by atoms with Crippen LogP contribution in [0.2, 0.25) is 0 Å². The third kappa shape index (κ3) is 7.02. The van der Waals surface area contributed by atoms with Gasteiger partial charge in [0, 0.05) is 0 Å². The Balaban J connectivity index is 1.90. The molecule has 0 saturated heterocycles. The van der Waals surface area contributed by atoms with E-state index in [0.29, 0.717) is 0 Å². The van der Waals surface area contributed by atoms with Gasteiger partial charge in [0.15, 0.2) is 0 Å². The lowest BCUT2D eigenvalue weighted by Crippen LogP contribution is -2.10. The molecule has 2 aromatic carbocycles. The number of nitroso groups, excluding NO2 is 2. The SMILES string of the molecule is CCCCCCCCCCCCc1ccc(C(N=O)C(C)N=O)c2ccccc12. The molecule has 4 heteroatoms. The highest BCUT2D eigenvalue weighted by Crippen LogP contribution is 2.32. The summed E-state index contributed by atoms with van der Waals surface area (Å²) in [6.45, 7) is 3.91. The van der Waals surface area contributed by atoms with Crippen LogP contribution < -0.4 is 0 Å². The molecule has 0 N–H and O–H groups in total. The Morgan fingerprint density at radius 1 is 0.724 bits per heavy atom. The molecule has 0 bridgehead atoms. The van der Waals surface area contributed by atoms with Crippen molar-refractivity contribution in [2.24, 2.45) is 10.4 Å². The van der Waals surface area contributed by atoms with Crippen molar-refractivity contribution in [2.75, 3.05) is 0 Å². The van der Waals surface area contributed by atoms with E-state index in [1.54, 1.807) is 6.92 Å². The highest BCUT2D eigenvalue weighted by atomic mass is 16.3. The number of unbranched alkanes of at least 4 members (excludes halogenated alkanes) is 9. The first-order valence-corrected chi connectivity index (χ1v) is 11.4. The number of hydrogen-bond donors (Lipinski definition) is 0. The summed E-state index contributed by atoms with van der Waals surface area (Å²) in [5.41, 5.74) is 2.11. The predicted octanol–water partition coefficient (Wildman–Crippen LogP) is 8.27. The van der Waals surface area contributed by atoms with Gasteiger partial charge in [-0.25, -0.2) is 0 Å². The molecule has 0 aromatic heterocycles. The molecule has 2 aromatic rings. The van der Waals surface area contributed by atoms with E-state index in [9.17, 15) is 9.81 Å². The molecular weight excluding hydrogens is 360 g/mol. The van der Waals surface area contributed by atoms with Gasteiger partial charge in [-0.2, -0.15) is 9.81 Å². The Kier molecular flexibility index (Phi) is 10.5. The predicted molar refractivity (Wildman–Crippen MR) is 123 cm³/mol. The van der Waals surface area contributed by atoms with Crippen LogP contribution in [-0.2, 0) is 6.42 Å². The summed E-state index contributed by atoms with van der Waals surface area (Å²) >= 11 is 0. The van der Waals surface area contributed by atoms with Crippen LogP contribution in [0.15, 0.2) is 46.8 Å². The van der Waals surface area contributed by atoms with Crippen LogP contribution in [0.1, 0.15) is 95.2 Å². The zero-order chi connectivity index (χ0) is 20.9. The minimum Gasteiger partial charge on any atom is -0.150 e. The minimum atomic E-state index is -0.733. The number of benzene rings is 2. The number of aryl methyl sites for hydroxylation is 1. The van der Waals surface area contributed by atoms with Crippen LogP contribution in [0.4, 0.5) is 0 Å². The van der Waals surface area contributed by atoms with Gasteiger partial charge < -0.3 is 0 Å². The van der Waals surface area contributed by atoms with Crippen molar-refractivity contribution < 1.29 is 0 Å². The van der Waals surface area contributed by atoms with Gasteiger partial charge in [0.1, 0.15) is 12.1 Å². The van der Waals surface area contributed by atoms with Gasteiger partial charge in [-0.1, -0.05) is 111 Å². The van der Waals surface area contributed by atoms with Crippen molar-refractivity contribution in [3.8, 4) is 0 Å². The molecule has 0 saturated carbocycles. The highest BCUT2D eigenvalue weighted by Gasteiger charge is 2.23. The quantitative estimate of drug-likeness (QED) is 0.225. The summed E-state index contributed by atoms with van der Waals surface area (Å²) in [5.74, 6) is 0. The smallest absolute Gasteiger partial charge is 0.143 e. The summed E-state index contributed by atoms with van der Waals surface area (Å²) in [4.78, 5) is 22.3. The van der Waals surface area contributed by atoms with Gasteiger partial charge in [0.2, 0.25) is 0 Å². The third-order valence-electron chi connectivity index (χ3n) is 5.90. The highest BCUT2D eigenvalue weighted by molar-refractivity contribution is 5.89. The van der Waals surface area contributed by atoms with Crippen molar-refractivity contribution in [1.29, 1.82) is 0 Å². The molecule has 0 heterocycles. The molecule has 2 atom stereocenters. The lowest BCUT2D eigenvalue weighted by atomic mass is 9.91. The van der Waals surface area contributed by atoms with Crippen molar-refractivity contribution in [3.05, 3.63) is 57.3 Å². The molecule has 2 rings (SSSR count). The monoisotopic (exact) mass is 396 g/mol. The number of rotatable bonds is 15. The Hall–Kier alpha value is -2.10. The first-order chi connectivity index (χ1) is 14.2. The number of nitrogens with zero attached hydrogens (tertiary/aromatic N) is 2. The lowest BCUT2D eigenvalue weighted by Gasteiger charge is -2.16. The zero-order valence-electron chi connectivity index (χ0n) is 18.1. The van der Waals surface area contributed by atoms with Gasteiger partial charge in [-0.05, 0) is 41.7 Å². The van der Waals surface area contributed by atoms with Crippen LogP contribution >= 0.6 is 0 Å². The lowest BCUT2D eigenvalue weighted by molar-refractivity contribution is 0.556. The van der Waals surface area contributed by atoms with E-state index in [1.165, 1.54) is 69.8 Å². The molecule has 0 amide bonds. The van der Waals surface area contributed by atoms with Gasteiger partial charge in [-0.15, -0.1) is 0 Å². The van der Waals surface area contributed by atoms with Gasteiger partial charge >= 0.3 is 0 Å². The van der Waals surface area contributed by atoms with Crippen LogP contribution in [0, 0.1) is 9.81 Å². The van der Waals surface area contributed by atoms with Crippen LogP contribution in [0.25, 0.3) is 10.8 Å². The summed E-state index contributed by atoms with van der Waals surface area (Å²) in [6, 6.07) is 10.8. The molecule has 0 radical (unpaired) electrons. The van der Waals surface area contributed by atoms with Gasteiger partial charge in [0.25, 0.3) is 0 Å². The molecular formula is C25H36N2O2. The molecule has 0 aliphatic heterocycles. The minimum absolute atomic E-state index is 0.663. The number of hydrogen-bond acceptors (Lipinski definition) is 4. The fourth-order valence-electron chi connectivity index (χ4n) is 4.13.